The number of rotatable bonds is 6. The smallest absolute Gasteiger partial charge is 0.116 e. The number of H-pyrrole nitrogens is 2. The fourth-order valence-electron chi connectivity index (χ4n) is 4.59. The molecular weight excluding hydrogens is 452 g/mol. The Hall–Kier alpha value is -4.23. The summed E-state index contributed by atoms with van der Waals surface area (Å²) in [5, 5.41) is 17.6. The van der Waals surface area contributed by atoms with Crippen molar-refractivity contribution in [2.24, 2.45) is 5.92 Å². The van der Waals surface area contributed by atoms with E-state index in [0.717, 1.165) is 67.0 Å². The lowest BCUT2D eigenvalue weighted by atomic mass is 10.0. The molecule has 1 aliphatic carbocycles. The van der Waals surface area contributed by atoms with Gasteiger partial charge in [0.05, 0.1) is 28.8 Å². The molecule has 0 spiro atoms. The maximum Gasteiger partial charge on any atom is 0.116 e. The number of thiophene rings is 1. The van der Waals surface area contributed by atoms with Crippen LogP contribution in [0.4, 0.5) is 5.69 Å². The summed E-state index contributed by atoms with van der Waals surface area (Å²) in [7, 11) is 0. The second kappa shape index (κ2) is 7.92. The van der Waals surface area contributed by atoms with Crippen LogP contribution in [0.2, 0.25) is 0 Å². The monoisotopic (exact) mass is 474 g/mol. The maximum absolute atomic E-state index is 4.66. The molecule has 6 nitrogen and oxygen atoms in total. The zero-order valence-electron chi connectivity index (χ0n) is 18.9. The molecular formula is C28H22N6S. The van der Waals surface area contributed by atoms with Gasteiger partial charge in [-0.05, 0) is 66.1 Å². The van der Waals surface area contributed by atoms with E-state index in [0.29, 0.717) is 5.92 Å². The third-order valence-electron chi connectivity index (χ3n) is 6.61. The van der Waals surface area contributed by atoms with Crippen LogP contribution in [0.25, 0.3) is 55.6 Å². The summed E-state index contributed by atoms with van der Waals surface area (Å²) in [5.74, 6) is 0.593. The van der Waals surface area contributed by atoms with E-state index < -0.39 is 0 Å². The first kappa shape index (κ1) is 20.2. The fraction of sp³-hybridized carbons (Fsp3) is 0.107. The second-order valence-electron chi connectivity index (χ2n) is 9.04. The Bertz CT molecular complexity index is 1700. The van der Waals surface area contributed by atoms with Crippen molar-refractivity contribution in [2.75, 3.05) is 5.32 Å². The van der Waals surface area contributed by atoms with E-state index >= 15 is 0 Å². The molecule has 1 aliphatic rings. The van der Waals surface area contributed by atoms with Gasteiger partial charge in [-0.15, -0.1) is 0 Å². The highest BCUT2D eigenvalue weighted by molar-refractivity contribution is 7.08. The van der Waals surface area contributed by atoms with Crippen molar-refractivity contribution in [1.29, 1.82) is 0 Å². The number of benzene rings is 1. The maximum atomic E-state index is 4.66. The quantitative estimate of drug-likeness (QED) is 0.238. The summed E-state index contributed by atoms with van der Waals surface area (Å²) in [6.45, 7) is 4.18. The van der Waals surface area contributed by atoms with Crippen LogP contribution in [0, 0.1) is 5.92 Å². The van der Waals surface area contributed by atoms with Gasteiger partial charge in [-0.25, -0.2) is 0 Å². The van der Waals surface area contributed by atoms with Crippen LogP contribution in [0.5, 0.6) is 0 Å². The predicted octanol–water partition coefficient (Wildman–Crippen LogP) is 7.23. The number of anilines is 1. The average Bonchev–Trinajstić information content (AvgIpc) is 3.26. The van der Waals surface area contributed by atoms with Crippen molar-refractivity contribution in [1.82, 2.24) is 25.1 Å². The molecule has 7 rings (SSSR count). The lowest BCUT2D eigenvalue weighted by Crippen LogP contribution is -2.00. The normalized spacial score (nSPS) is 13.5. The number of pyridine rings is 2. The molecule has 0 unspecified atom stereocenters. The largest absolute Gasteiger partial charge is 0.358 e. The Labute approximate surface area is 205 Å². The van der Waals surface area contributed by atoms with E-state index in [1.165, 1.54) is 12.8 Å². The summed E-state index contributed by atoms with van der Waals surface area (Å²) in [6, 6.07) is 14.7. The number of fused-ring (bicyclic) bond motifs is 2. The molecule has 7 heteroatoms. The number of hydrogen-bond donors (Lipinski definition) is 3. The van der Waals surface area contributed by atoms with Crippen molar-refractivity contribution < 1.29 is 0 Å². The van der Waals surface area contributed by atoms with Gasteiger partial charge in [-0.1, -0.05) is 12.6 Å². The molecule has 0 radical (unpaired) electrons. The number of nitrogens with one attached hydrogen (secondary N) is 3. The van der Waals surface area contributed by atoms with Crippen molar-refractivity contribution in [3.63, 3.8) is 0 Å². The number of hydrogen-bond acceptors (Lipinski definition) is 5. The molecule has 5 aromatic heterocycles. The molecule has 5 heterocycles. The van der Waals surface area contributed by atoms with Gasteiger partial charge in [-0.3, -0.25) is 15.1 Å². The van der Waals surface area contributed by atoms with E-state index in [1.54, 1.807) is 11.3 Å². The van der Waals surface area contributed by atoms with Crippen LogP contribution < -0.4 is 5.32 Å². The van der Waals surface area contributed by atoms with E-state index in [1.807, 2.05) is 24.7 Å². The van der Waals surface area contributed by atoms with Gasteiger partial charge in [-0.2, -0.15) is 16.4 Å². The highest BCUT2D eigenvalue weighted by atomic mass is 32.1. The van der Waals surface area contributed by atoms with Crippen LogP contribution >= 0.6 is 11.3 Å². The van der Waals surface area contributed by atoms with Gasteiger partial charge in [0.2, 0.25) is 0 Å². The van der Waals surface area contributed by atoms with E-state index in [2.05, 4.69) is 84.2 Å². The minimum absolute atomic E-state index is 0.593. The van der Waals surface area contributed by atoms with Gasteiger partial charge in [0.1, 0.15) is 5.69 Å². The van der Waals surface area contributed by atoms with Crippen molar-refractivity contribution in [3.8, 4) is 33.8 Å². The van der Waals surface area contributed by atoms with Gasteiger partial charge in [0.15, 0.2) is 0 Å². The topological polar surface area (TPSA) is 82.3 Å². The summed E-state index contributed by atoms with van der Waals surface area (Å²) in [5.41, 5.74) is 10.2. The van der Waals surface area contributed by atoms with Crippen molar-refractivity contribution in [2.45, 2.75) is 12.8 Å². The van der Waals surface area contributed by atoms with Gasteiger partial charge in [0, 0.05) is 50.9 Å². The summed E-state index contributed by atoms with van der Waals surface area (Å²) in [4.78, 5) is 12.7. The van der Waals surface area contributed by atoms with Gasteiger partial charge >= 0.3 is 0 Å². The summed E-state index contributed by atoms with van der Waals surface area (Å²) >= 11 is 1.68. The van der Waals surface area contributed by atoms with Crippen LogP contribution in [0.1, 0.15) is 12.8 Å². The molecule has 0 saturated heterocycles. The van der Waals surface area contributed by atoms with Crippen molar-refractivity contribution in [3.05, 3.63) is 84.1 Å². The third kappa shape index (κ3) is 3.61. The molecule has 1 saturated carbocycles. The van der Waals surface area contributed by atoms with E-state index in [4.69, 9.17) is 0 Å². The third-order valence-corrected chi connectivity index (χ3v) is 7.29. The first-order chi connectivity index (χ1) is 17.2. The minimum Gasteiger partial charge on any atom is -0.358 e. The SMILES string of the molecule is C=C(Nc1cncc(-c2ccc3[nH]nc(-c4cc5c(-c6ccsc6)nccc5[nH]4)c3c2)c1)C1CC1. The molecule has 0 bridgehead atoms. The van der Waals surface area contributed by atoms with Gasteiger partial charge < -0.3 is 10.3 Å². The molecule has 35 heavy (non-hydrogen) atoms. The zero-order valence-corrected chi connectivity index (χ0v) is 19.7. The predicted molar refractivity (Wildman–Crippen MR) is 143 cm³/mol. The standard InChI is InChI=1S/C28H22N6S/c1-16(17-2-3-17)31-21-10-20(13-29-14-21)18-4-5-25-22(11-18)28(34-33-25)26-12-23-24(32-26)6-8-30-27(23)19-7-9-35-15-19/h4-15,17,31-32H,1-3H2,(H,33,34). The Morgan fingerprint density at radius 1 is 0.943 bits per heavy atom. The highest BCUT2D eigenvalue weighted by Gasteiger charge is 2.24. The van der Waals surface area contributed by atoms with Crippen molar-refractivity contribution >= 4 is 38.8 Å². The molecule has 0 aliphatic heterocycles. The molecule has 1 aromatic carbocycles. The van der Waals surface area contributed by atoms with Crippen LogP contribution in [0.3, 0.4) is 0 Å². The average molecular weight is 475 g/mol. The summed E-state index contributed by atoms with van der Waals surface area (Å²) < 4.78 is 0. The van der Waals surface area contributed by atoms with Crippen LogP contribution in [-0.2, 0) is 0 Å². The second-order valence-corrected chi connectivity index (χ2v) is 9.82. The highest BCUT2D eigenvalue weighted by Crippen LogP contribution is 2.37. The number of aromatic amines is 2. The number of nitrogens with zero attached hydrogens (tertiary/aromatic N) is 3. The Balaban J connectivity index is 1.29. The molecule has 3 N–H and O–H groups in total. The lowest BCUT2D eigenvalue weighted by Gasteiger charge is -2.10. The first-order valence-electron chi connectivity index (χ1n) is 11.6. The Morgan fingerprint density at radius 3 is 2.71 bits per heavy atom. The lowest BCUT2D eigenvalue weighted by molar-refractivity contribution is 1.02. The van der Waals surface area contributed by atoms with Crippen LogP contribution in [0.15, 0.2) is 84.1 Å². The molecule has 0 amide bonds. The van der Waals surface area contributed by atoms with E-state index in [9.17, 15) is 0 Å². The summed E-state index contributed by atoms with van der Waals surface area (Å²) in [6.07, 6.45) is 8.04. The zero-order chi connectivity index (χ0) is 23.4. The number of aromatic nitrogens is 5. The molecule has 0 atom stereocenters. The van der Waals surface area contributed by atoms with E-state index in [-0.39, 0.29) is 0 Å². The molecule has 1 fully saturated rings. The van der Waals surface area contributed by atoms with Gasteiger partial charge in [0.25, 0.3) is 0 Å². The molecule has 6 aromatic rings. The Kier molecular flexibility index (Phi) is 4.57. The minimum atomic E-state index is 0.593. The number of allylic oxidation sites excluding steroid dienone is 1. The van der Waals surface area contributed by atoms with Crippen LogP contribution in [-0.4, -0.2) is 25.1 Å². The Morgan fingerprint density at radius 2 is 1.86 bits per heavy atom. The first-order valence-corrected chi connectivity index (χ1v) is 12.6. The fourth-order valence-corrected chi connectivity index (χ4v) is 5.24. The molecule has 170 valence electrons.